The molecule has 6 nitrogen and oxygen atoms in total. The van der Waals surface area contributed by atoms with E-state index in [1.807, 2.05) is 44.4 Å². The molecule has 0 atom stereocenters. The van der Waals surface area contributed by atoms with Gasteiger partial charge in [0.05, 0.1) is 16.8 Å². The average molecular weight is 473 g/mol. The second kappa shape index (κ2) is 10.0. The molecule has 0 spiro atoms. The molecule has 31 heavy (non-hydrogen) atoms. The molecule has 0 aliphatic rings. The third-order valence-corrected chi connectivity index (χ3v) is 7.94. The lowest BCUT2D eigenvalue weighted by molar-refractivity contribution is 0.140. The molecule has 0 amide bonds. The van der Waals surface area contributed by atoms with Gasteiger partial charge in [0.15, 0.2) is 5.16 Å². The lowest BCUT2D eigenvalue weighted by atomic mass is 10.2. The summed E-state index contributed by atoms with van der Waals surface area (Å²) in [4.78, 5) is 29.2. The topological polar surface area (TPSA) is 69.9 Å². The molecule has 0 N–H and O–H groups in total. The number of ether oxygens (including phenoxy) is 1. The van der Waals surface area contributed by atoms with Crippen molar-refractivity contribution >= 4 is 44.7 Å². The van der Waals surface area contributed by atoms with Gasteiger partial charge in [0.2, 0.25) is 0 Å². The van der Waals surface area contributed by atoms with Crippen molar-refractivity contribution < 1.29 is 4.74 Å². The van der Waals surface area contributed by atoms with Gasteiger partial charge in [0.25, 0.3) is 5.56 Å². The summed E-state index contributed by atoms with van der Waals surface area (Å²) in [5, 5.41) is 4.43. The number of hydrogen-bond acceptors (Lipinski definition) is 8. The first-order chi connectivity index (χ1) is 15.1. The fourth-order valence-corrected chi connectivity index (χ4v) is 6.09. The van der Waals surface area contributed by atoms with Crippen LogP contribution in [0.3, 0.4) is 0 Å². The number of aromatic nitrogens is 4. The van der Waals surface area contributed by atoms with E-state index in [-0.39, 0.29) is 5.56 Å². The van der Waals surface area contributed by atoms with E-state index in [2.05, 4.69) is 4.98 Å². The second-order valence-electron chi connectivity index (χ2n) is 7.01. The van der Waals surface area contributed by atoms with E-state index in [1.54, 1.807) is 45.2 Å². The van der Waals surface area contributed by atoms with E-state index in [0.717, 1.165) is 48.6 Å². The standard InChI is InChI=1S/C22H24N4O2S3/c1-4-28-11-7-10-26-21(27)18-14(2)15(3)31-20(18)25-22(26)30-13-16-12-29-19(24-16)17-8-5-6-9-23-17/h5-6,8-9,12H,4,7,10-11,13H2,1-3H3. The van der Waals surface area contributed by atoms with Gasteiger partial charge in [0, 0.05) is 42.0 Å². The zero-order valence-corrected chi connectivity index (χ0v) is 20.2. The third-order valence-electron chi connectivity index (χ3n) is 4.91. The van der Waals surface area contributed by atoms with Crippen LogP contribution in [0.2, 0.25) is 0 Å². The maximum atomic E-state index is 13.3. The summed E-state index contributed by atoms with van der Waals surface area (Å²) in [6, 6.07) is 5.82. The Balaban J connectivity index is 1.60. The van der Waals surface area contributed by atoms with Gasteiger partial charge in [-0.2, -0.15) is 0 Å². The fourth-order valence-electron chi connectivity index (χ4n) is 3.20. The highest BCUT2D eigenvalue weighted by Crippen LogP contribution is 2.30. The minimum Gasteiger partial charge on any atom is -0.382 e. The smallest absolute Gasteiger partial charge is 0.263 e. The highest BCUT2D eigenvalue weighted by Gasteiger charge is 2.17. The minimum absolute atomic E-state index is 0.0401. The van der Waals surface area contributed by atoms with Crippen LogP contribution >= 0.6 is 34.4 Å². The average Bonchev–Trinajstić information content (AvgIpc) is 3.36. The molecule has 4 heterocycles. The summed E-state index contributed by atoms with van der Waals surface area (Å²) in [5.74, 6) is 0.649. The number of nitrogens with zero attached hydrogens (tertiary/aromatic N) is 4. The largest absolute Gasteiger partial charge is 0.382 e. The molecule has 0 aromatic carbocycles. The van der Waals surface area contributed by atoms with Crippen LogP contribution in [0.15, 0.2) is 39.7 Å². The number of fused-ring (bicyclic) bond motifs is 1. The van der Waals surface area contributed by atoms with Crippen LogP contribution in [0.4, 0.5) is 0 Å². The van der Waals surface area contributed by atoms with E-state index < -0.39 is 0 Å². The first kappa shape index (κ1) is 22.1. The molecule has 4 aromatic rings. The predicted molar refractivity (Wildman–Crippen MR) is 129 cm³/mol. The number of thiazole rings is 1. The molecule has 9 heteroatoms. The molecule has 162 valence electrons. The van der Waals surface area contributed by atoms with Crippen LogP contribution in [0, 0.1) is 13.8 Å². The Morgan fingerprint density at radius 2 is 2.10 bits per heavy atom. The summed E-state index contributed by atoms with van der Waals surface area (Å²) in [7, 11) is 0. The van der Waals surface area contributed by atoms with Gasteiger partial charge in [-0.3, -0.25) is 14.3 Å². The molecule has 0 saturated carbocycles. The Morgan fingerprint density at radius 3 is 2.87 bits per heavy atom. The van der Waals surface area contributed by atoms with Gasteiger partial charge in [-0.1, -0.05) is 17.8 Å². The molecule has 0 aliphatic heterocycles. The Labute approximate surface area is 193 Å². The van der Waals surface area contributed by atoms with Gasteiger partial charge in [-0.15, -0.1) is 22.7 Å². The van der Waals surface area contributed by atoms with Crippen molar-refractivity contribution in [3.63, 3.8) is 0 Å². The maximum absolute atomic E-state index is 13.3. The molecule has 4 aromatic heterocycles. The molecule has 0 aliphatic carbocycles. The van der Waals surface area contributed by atoms with Crippen LogP contribution in [-0.2, 0) is 17.0 Å². The van der Waals surface area contributed by atoms with Crippen LogP contribution in [0.1, 0.15) is 29.5 Å². The monoisotopic (exact) mass is 472 g/mol. The Hall–Kier alpha value is -2.07. The molecular formula is C22H24N4O2S3. The van der Waals surface area contributed by atoms with Gasteiger partial charge in [0.1, 0.15) is 9.84 Å². The number of hydrogen-bond donors (Lipinski definition) is 0. The van der Waals surface area contributed by atoms with Gasteiger partial charge in [-0.25, -0.2) is 9.97 Å². The number of rotatable bonds is 9. The van der Waals surface area contributed by atoms with E-state index in [0.29, 0.717) is 25.5 Å². The van der Waals surface area contributed by atoms with Crippen molar-refractivity contribution in [1.29, 1.82) is 0 Å². The van der Waals surface area contributed by atoms with E-state index >= 15 is 0 Å². The lowest BCUT2D eigenvalue weighted by Gasteiger charge is -2.12. The molecule has 4 rings (SSSR count). The first-order valence-electron chi connectivity index (χ1n) is 10.2. The van der Waals surface area contributed by atoms with Gasteiger partial charge < -0.3 is 4.74 Å². The molecular weight excluding hydrogens is 448 g/mol. The highest BCUT2D eigenvalue weighted by atomic mass is 32.2. The fraction of sp³-hybridized carbons (Fsp3) is 0.364. The van der Waals surface area contributed by atoms with Crippen molar-refractivity contribution in [2.45, 2.75) is 44.6 Å². The third kappa shape index (κ3) is 4.90. The first-order valence-corrected chi connectivity index (χ1v) is 12.8. The zero-order valence-electron chi connectivity index (χ0n) is 17.8. The SMILES string of the molecule is CCOCCCn1c(SCc2csc(-c3ccccn3)n2)nc2sc(C)c(C)c2c1=O. The van der Waals surface area contributed by atoms with E-state index in [4.69, 9.17) is 14.7 Å². The van der Waals surface area contributed by atoms with Crippen molar-refractivity contribution in [3.8, 4) is 10.7 Å². The summed E-state index contributed by atoms with van der Waals surface area (Å²) in [6.45, 7) is 7.93. The predicted octanol–water partition coefficient (Wildman–Crippen LogP) is 5.31. The van der Waals surface area contributed by atoms with E-state index in [1.165, 1.54) is 0 Å². The quantitative estimate of drug-likeness (QED) is 0.187. The summed E-state index contributed by atoms with van der Waals surface area (Å²) in [5.41, 5.74) is 2.91. The summed E-state index contributed by atoms with van der Waals surface area (Å²) < 4.78 is 7.27. The normalized spacial score (nSPS) is 11.5. The molecule has 0 bridgehead atoms. The molecule has 0 fully saturated rings. The van der Waals surface area contributed by atoms with Crippen LogP contribution in [-0.4, -0.2) is 32.7 Å². The van der Waals surface area contributed by atoms with Crippen molar-refractivity contribution in [1.82, 2.24) is 19.5 Å². The van der Waals surface area contributed by atoms with Crippen molar-refractivity contribution in [3.05, 3.63) is 56.3 Å². The van der Waals surface area contributed by atoms with Crippen LogP contribution in [0.5, 0.6) is 0 Å². The minimum atomic E-state index is 0.0401. The highest BCUT2D eigenvalue weighted by molar-refractivity contribution is 7.98. The van der Waals surface area contributed by atoms with Crippen LogP contribution in [0.25, 0.3) is 20.9 Å². The Bertz CT molecular complexity index is 1230. The van der Waals surface area contributed by atoms with Crippen LogP contribution < -0.4 is 5.56 Å². The molecule has 0 radical (unpaired) electrons. The summed E-state index contributed by atoms with van der Waals surface area (Å²) >= 11 is 4.73. The Kier molecular flexibility index (Phi) is 7.16. The zero-order chi connectivity index (χ0) is 21.8. The second-order valence-corrected chi connectivity index (χ2v) is 10.0. The lowest BCUT2D eigenvalue weighted by Crippen LogP contribution is -2.24. The van der Waals surface area contributed by atoms with Crippen molar-refractivity contribution in [2.75, 3.05) is 13.2 Å². The van der Waals surface area contributed by atoms with Gasteiger partial charge >= 0.3 is 0 Å². The molecule has 0 unspecified atom stereocenters. The van der Waals surface area contributed by atoms with E-state index in [9.17, 15) is 4.79 Å². The van der Waals surface area contributed by atoms with Gasteiger partial charge in [-0.05, 0) is 44.9 Å². The maximum Gasteiger partial charge on any atom is 0.263 e. The molecule has 0 saturated heterocycles. The number of thiophene rings is 1. The Morgan fingerprint density at radius 1 is 1.23 bits per heavy atom. The summed E-state index contributed by atoms with van der Waals surface area (Å²) in [6.07, 6.45) is 2.55. The number of thioether (sulfide) groups is 1. The number of aryl methyl sites for hydroxylation is 2. The van der Waals surface area contributed by atoms with Crippen molar-refractivity contribution in [2.24, 2.45) is 0 Å². The number of pyridine rings is 1.